The summed E-state index contributed by atoms with van der Waals surface area (Å²) >= 11 is 0. The van der Waals surface area contributed by atoms with Crippen molar-refractivity contribution in [2.75, 3.05) is 20.8 Å². The van der Waals surface area contributed by atoms with Crippen LogP contribution in [0, 0.1) is 5.82 Å². The van der Waals surface area contributed by atoms with Crippen LogP contribution in [-0.4, -0.2) is 56.3 Å². The van der Waals surface area contributed by atoms with Crippen LogP contribution in [0.25, 0.3) is 28.1 Å². The molecule has 0 spiro atoms. The van der Waals surface area contributed by atoms with Crippen LogP contribution in [-0.2, 0) is 11.3 Å². The molecule has 0 aliphatic rings. The largest absolute Gasteiger partial charge is 0.496 e. The van der Waals surface area contributed by atoms with Crippen LogP contribution >= 0.6 is 0 Å². The lowest BCUT2D eigenvalue weighted by Gasteiger charge is -2.11. The molecule has 0 radical (unpaired) electrons. The van der Waals surface area contributed by atoms with Crippen molar-refractivity contribution in [3.8, 4) is 28.7 Å². The maximum absolute atomic E-state index is 15.2. The Morgan fingerprint density at radius 2 is 1.86 bits per heavy atom. The van der Waals surface area contributed by atoms with Gasteiger partial charge in [0.05, 0.1) is 45.3 Å². The van der Waals surface area contributed by atoms with Crippen LogP contribution in [0.2, 0.25) is 0 Å². The SMILES string of the molecule is CCOC(=O)c1cnn(-c2nc(OC)c3c(cnn3Cc3ccc(-c4ccccc4OC)cc3F)n2)c1. The lowest BCUT2D eigenvalue weighted by atomic mass is 10.0. The number of aromatic nitrogens is 6. The van der Waals surface area contributed by atoms with Gasteiger partial charge < -0.3 is 14.2 Å². The van der Waals surface area contributed by atoms with E-state index in [4.69, 9.17) is 14.2 Å². The van der Waals surface area contributed by atoms with Gasteiger partial charge in [-0.1, -0.05) is 30.3 Å². The zero-order valence-electron chi connectivity index (χ0n) is 20.4. The van der Waals surface area contributed by atoms with Gasteiger partial charge in [-0.2, -0.15) is 15.2 Å². The number of hydrogen-bond acceptors (Lipinski definition) is 8. The number of benzene rings is 2. The minimum absolute atomic E-state index is 0.134. The number of para-hydroxylation sites is 1. The molecule has 0 saturated heterocycles. The van der Waals surface area contributed by atoms with E-state index in [1.165, 1.54) is 30.3 Å². The van der Waals surface area contributed by atoms with E-state index in [-0.39, 0.29) is 36.4 Å². The van der Waals surface area contributed by atoms with Gasteiger partial charge in [-0.3, -0.25) is 4.68 Å². The van der Waals surface area contributed by atoms with E-state index in [0.29, 0.717) is 27.9 Å². The first-order valence-corrected chi connectivity index (χ1v) is 11.4. The van der Waals surface area contributed by atoms with Crippen LogP contribution in [0.3, 0.4) is 0 Å². The first-order valence-electron chi connectivity index (χ1n) is 11.4. The zero-order chi connectivity index (χ0) is 25.9. The lowest BCUT2D eigenvalue weighted by Crippen LogP contribution is -2.08. The predicted molar refractivity (Wildman–Crippen MR) is 132 cm³/mol. The Bertz CT molecular complexity index is 1600. The van der Waals surface area contributed by atoms with Gasteiger partial charge in [0.15, 0.2) is 0 Å². The minimum Gasteiger partial charge on any atom is -0.496 e. The molecule has 0 atom stereocenters. The average Bonchev–Trinajstić information content (AvgIpc) is 3.57. The first-order chi connectivity index (χ1) is 18.0. The Labute approximate surface area is 211 Å². The number of methoxy groups -OCH3 is 2. The fourth-order valence-electron chi connectivity index (χ4n) is 3.96. The molecule has 0 unspecified atom stereocenters. The van der Waals surface area contributed by atoms with Crippen molar-refractivity contribution in [3.63, 3.8) is 0 Å². The highest BCUT2D eigenvalue weighted by molar-refractivity contribution is 5.88. The first kappa shape index (κ1) is 23.9. The summed E-state index contributed by atoms with van der Waals surface area (Å²) in [6, 6.07) is 12.5. The fourth-order valence-corrected chi connectivity index (χ4v) is 3.96. The lowest BCUT2D eigenvalue weighted by molar-refractivity contribution is 0.0526. The third-order valence-corrected chi connectivity index (χ3v) is 5.73. The molecule has 37 heavy (non-hydrogen) atoms. The molecule has 5 aromatic rings. The molecule has 10 nitrogen and oxygen atoms in total. The number of rotatable bonds is 8. The van der Waals surface area contributed by atoms with Gasteiger partial charge in [-0.05, 0) is 24.6 Å². The quantitative estimate of drug-likeness (QED) is 0.293. The molecule has 0 N–H and O–H groups in total. The molecule has 11 heteroatoms. The van der Waals surface area contributed by atoms with Crippen molar-refractivity contribution in [1.82, 2.24) is 29.5 Å². The molecule has 3 aromatic heterocycles. The number of fused-ring (bicyclic) bond motifs is 1. The molecular formula is C26H23FN6O4. The number of esters is 1. The van der Waals surface area contributed by atoms with E-state index in [1.807, 2.05) is 30.3 Å². The van der Waals surface area contributed by atoms with Gasteiger partial charge in [-0.15, -0.1) is 0 Å². The van der Waals surface area contributed by atoms with Crippen LogP contribution in [0.1, 0.15) is 22.8 Å². The smallest absolute Gasteiger partial charge is 0.341 e. The van der Waals surface area contributed by atoms with Crippen LogP contribution < -0.4 is 9.47 Å². The van der Waals surface area contributed by atoms with Gasteiger partial charge in [0.2, 0.25) is 5.88 Å². The molecule has 5 rings (SSSR count). The molecule has 0 amide bonds. The van der Waals surface area contributed by atoms with Crippen LogP contribution in [0.5, 0.6) is 11.6 Å². The molecule has 0 bridgehead atoms. The summed E-state index contributed by atoms with van der Waals surface area (Å²) in [4.78, 5) is 20.9. The second-order valence-electron chi connectivity index (χ2n) is 7.97. The number of hydrogen-bond donors (Lipinski definition) is 0. The number of nitrogens with zero attached hydrogens (tertiary/aromatic N) is 6. The van der Waals surface area contributed by atoms with Gasteiger partial charge in [0.25, 0.3) is 5.95 Å². The number of carbonyl (C=O) groups excluding carboxylic acids is 1. The van der Waals surface area contributed by atoms with Gasteiger partial charge >= 0.3 is 5.97 Å². The molecule has 2 aromatic carbocycles. The Hall–Kier alpha value is -4.80. The molecular weight excluding hydrogens is 479 g/mol. The maximum atomic E-state index is 15.2. The van der Waals surface area contributed by atoms with Gasteiger partial charge in [0.1, 0.15) is 22.6 Å². The topological polar surface area (TPSA) is 106 Å². The molecule has 3 heterocycles. The minimum atomic E-state index is -0.492. The fraction of sp³-hybridized carbons (Fsp3) is 0.192. The van der Waals surface area contributed by atoms with E-state index in [1.54, 1.807) is 31.0 Å². The summed E-state index contributed by atoms with van der Waals surface area (Å²) in [6.07, 6.45) is 4.39. The monoisotopic (exact) mass is 502 g/mol. The summed E-state index contributed by atoms with van der Waals surface area (Å²) in [5.41, 5.74) is 3.18. The third-order valence-electron chi connectivity index (χ3n) is 5.73. The zero-order valence-corrected chi connectivity index (χ0v) is 20.4. The van der Waals surface area contributed by atoms with E-state index >= 15 is 4.39 Å². The predicted octanol–water partition coefficient (Wildman–Crippen LogP) is 4.06. The van der Waals surface area contributed by atoms with Gasteiger partial charge in [0, 0.05) is 17.3 Å². The molecule has 0 fully saturated rings. The normalized spacial score (nSPS) is 11.0. The summed E-state index contributed by atoms with van der Waals surface area (Å²) in [7, 11) is 3.05. The summed E-state index contributed by atoms with van der Waals surface area (Å²) in [6.45, 7) is 2.11. The number of halogens is 1. The molecule has 0 aliphatic heterocycles. The average molecular weight is 503 g/mol. The Morgan fingerprint density at radius 1 is 1.03 bits per heavy atom. The second-order valence-corrected chi connectivity index (χ2v) is 7.97. The molecule has 188 valence electrons. The van der Waals surface area contributed by atoms with Crippen LogP contribution in [0.4, 0.5) is 4.39 Å². The summed E-state index contributed by atoms with van der Waals surface area (Å²) in [5.74, 6) is 0.209. The van der Waals surface area contributed by atoms with E-state index in [0.717, 1.165) is 5.56 Å². The van der Waals surface area contributed by atoms with Crippen molar-refractivity contribution < 1.29 is 23.4 Å². The number of ether oxygens (including phenoxy) is 3. The summed E-state index contributed by atoms with van der Waals surface area (Å²) < 4.78 is 34.0. The number of carbonyl (C=O) groups is 1. The van der Waals surface area contributed by atoms with Gasteiger partial charge in [-0.25, -0.2) is 18.9 Å². The highest BCUT2D eigenvalue weighted by Crippen LogP contribution is 2.31. The Balaban J connectivity index is 1.46. The Kier molecular flexibility index (Phi) is 6.50. The maximum Gasteiger partial charge on any atom is 0.341 e. The van der Waals surface area contributed by atoms with Crippen molar-refractivity contribution in [2.24, 2.45) is 0 Å². The molecule has 0 aliphatic carbocycles. The van der Waals surface area contributed by atoms with Crippen molar-refractivity contribution in [2.45, 2.75) is 13.5 Å². The van der Waals surface area contributed by atoms with E-state index < -0.39 is 5.97 Å². The Morgan fingerprint density at radius 3 is 2.62 bits per heavy atom. The molecule has 0 saturated carbocycles. The van der Waals surface area contributed by atoms with E-state index in [9.17, 15) is 4.79 Å². The van der Waals surface area contributed by atoms with Crippen molar-refractivity contribution >= 4 is 17.0 Å². The highest BCUT2D eigenvalue weighted by Gasteiger charge is 2.19. The second kappa shape index (κ2) is 10.1. The standard InChI is InChI=1S/C26H23FN6O4/c1-4-37-25(34)18-12-28-33(15-18)26-30-21-13-29-32(23(21)24(31-26)36-3)14-17-10-9-16(11-20(17)27)19-7-5-6-8-22(19)35-2/h5-13,15H,4,14H2,1-3H3. The highest BCUT2D eigenvalue weighted by atomic mass is 19.1. The third kappa shape index (κ3) is 4.58. The van der Waals surface area contributed by atoms with E-state index in [2.05, 4.69) is 20.2 Å². The van der Waals surface area contributed by atoms with Crippen LogP contribution in [0.15, 0.2) is 61.1 Å². The van der Waals surface area contributed by atoms with Crippen molar-refractivity contribution in [3.05, 3.63) is 78.0 Å². The van der Waals surface area contributed by atoms with Crippen molar-refractivity contribution in [1.29, 1.82) is 0 Å². The summed E-state index contributed by atoms with van der Waals surface area (Å²) in [5, 5.41) is 8.54.